The van der Waals surface area contributed by atoms with Crippen LogP contribution in [0.25, 0.3) is 65.3 Å². The summed E-state index contributed by atoms with van der Waals surface area (Å²) in [5, 5.41) is 9.27. The summed E-state index contributed by atoms with van der Waals surface area (Å²) in [6, 6.07) is 52.6. The van der Waals surface area contributed by atoms with E-state index in [0.717, 1.165) is 65.3 Å². The number of rotatable bonds is 5. The van der Waals surface area contributed by atoms with E-state index in [4.69, 9.17) is 0 Å². The van der Waals surface area contributed by atoms with Gasteiger partial charge in [0, 0.05) is 11.1 Å². The zero-order chi connectivity index (χ0) is 29.6. The highest BCUT2D eigenvalue weighted by molar-refractivity contribution is 6.49. The van der Waals surface area contributed by atoms with Crippen molar-refractivity contribution in [3.63, 3.8) is 0 Å². The van der Waals surface area contributed by atoms with Crippen molar-refractivity contribution in [2.45, 2.75) is 0 Å². The molecular formula is C42H26O2. The lowest BCUT2D eigenvalue weighted by Crippen LogP contribution is -2.14. The van der Waals surface area contributed by atoms with Crippen molar-refractivity contribution < 1.29 is 9.59 Å². The molecule has 0 radical (unpaired) electrons. The smallest absolute Gasteiger partial charge is 0.233 e. The third-order valence-electron chi connectivity index (χ3n) is 8.62. The Hall–Kier alpha value is -5.86. The first kappa shape index (κ1) is 25.8. The molecular weight excluding hydrogens is 536 g/mol. The Morgan fingerprint density at radius 3 is 0.886 bits per heavy atom. The average Bonchev–Trinajstić information content (AvgIpc) is 3.09. The number of fused-ring (bicyclic) bond motifs is 4. The molecule has 0 saturated heterocycles. The maximum atomic E-state index is 13.4. The van der Waals surface area contributed by atoms with Gasteiger partial charge in [-0.05, 0) is 77.5 Å². The number of carbonyl (C=O) groups excluding carboxylic acids is 2. The predicted octanol–water partition coefficient (Wildman–Crippen LogP) is 10.7. The summed E-state index contributed by atoms with van der Waals surface area (Å²) < 4.78 is 0. The van der Waals surface area contributed by atoms with Crippen LogP contribution in [0.3, 0.4) is 0 Å². The van der Waals surface area contributed by atoms with Crippen molar-refractivity contribution in [3.8, 4) is 22.3 Å². The Morgan fingerprint density at radius 2 is 0.591 bits per heavy atom. The third-order valence-corrected chi connectivity index (χ3v) is 8.62. The van der Waals surface area contributed by atoms with E-state index in [-0.39, 0.29) is 0 Å². The average molecular weight is 563 g/mol. The molecule has 8 aromatic rings. The molecule has 0 atom stereocenters. The highest BCUT2D eigenvalue weighted by atomic mass is 16.2. The van der Waals surface area contributed by atoms with Crippen molar-refractivity contribution >= 4 is 54.7 Å². The molecule has 8 rings (SSSR count). The second kappa shape index (κ2) is 10.4. The van der Waals surface area contributed by atoms with Crippen molar-refractivity contribution in [1.82, 2.24) is 0 Å². The summed E-state index contributed by atoms with van der Waals surface area (Å²) in [6.07, 6.45) is 0. The molecule has 0 fully saturated rings. The van der Waals surface area contributed by atoms with Crippen LogP contribution < -0.4 is 0 Å². The van der Waals surface area contributed by atoms with Crippen LogP contribution >= 0.6 is 0 Å². The molecule has 0 aromatic heterocycles. The monoisotopic (exact) mass is 562 g/mol. The molecule has 2 heteroatoms. The van der Waals surface area contributed by atoms with Gasteiger partial charge in [0.2, 0.25) is 11.6 Å². The van der Waals surface area contributed by atoms with E-state index in [1.54, 1.807) is 24.3 Å². The van der Waals surface area contributed by atoms with E-state index < -0.39 is 11.6 Å². The highest BCUT2D eigenvalue weighted by Crippen LogP contribution is 2.38. The van der Waals surface area contributed by atoms with E-state index in [1.165, 1.54) is 0 Å². The van der Waals surface area contributed by atoms with Gasteiger partial charge in [0.05, 0.1) is 0 Å². The summed E-state index contributed by atoms with van der Waals surface area (Å²) >= 11 is 0. The maximum absolute atomic E-state index is 13.4. The third kappa shape index (κ3) is 4.28. The van der Waals surface area contributed by atoms with E-state index in [1.807, 2.05) is 72.8 Å². The number of Topliss-reactive ketones (excluding diaryl/α,β-unsaturated/α-hetero) is 2. The number of carbonyl (C=O) groups is 2. The van der Waals surface area contributed by atoms with Crippen LogP contribution in [-0.2, 0) is 0 Å². The van der Waals surface area contributed by atoms with Crippen LogP contribution in [0.1, 0.15) is 20.7 Å². The summed E-state index contributed by atoms with van der Waals surface area (Å²) in [5.74, 6) is -1.02. The molecule has 0 N–H and O–H groups in total. The molecule has 8 aromatic carbocycles. The van der Waals surface area contributed by atoms with Crippen molar-refractivity contribution in [1.29, 1.82) is 0 Å². The van der Waals surface area contributed by atoms with Crippen molar-refractivity contribution in [2.24, 2.45) is 0 Å². The Morgan fingerprint density at radius 1 is 0.318 bits per heavy atom. The van der Waals surface area contributed by atoms with Crippen LogP contribution in [-0.4, -0.2) is 11.6 Å². The second-order valence-corrected chi connectivity index (χ2v) is 11.2. The van der Waals surface area contributed by atoms with Gasteiger partial charge in [-0.15, -0.1) is 0 Å². The normalized spacial score (nSPS) is 11.4. The maximum Gasteiger partial charge on any atom is 0.233 e. The fraction of sp³-hybridized carbons (Fsp3) is 0. The summed E-state index contributed by atoms with van der Waals surface area (Å²) in [5.41, 5.74) is 5.03. The van der Waals surface area contributed by atoms with Gasteiger partial charge >= 0.3 is 0 Å². The Balaban J connectivity index is 1.12. The van der Waals surface area contributed by atoms with Gasteiger partial charge < -0.3 is 0 Å². The molecule has 0 aliphatic carbocycles. The molecule has 0 saturated carbocycles. The summed E-state index contributed by atoms with van der Waals surface area (Å²) in [6.45, 7) is 0. The molecule has 44 heavy (non-hydrogen) atoms. The molecule has 0 unspecified atom stereocenters. The first-order valence-electron chi connectivity index (χ1n) is 14.8. The van der Waals surface area contributed by atoms with Gasteiger partial charge in [0.1, 0.15) is 0 Å². The Bertz CT molecular complexity index is 2120. The van der Waals surface area contributed by atoms with E-state index in [0.29, 0.717) is 11.1 Å². The zero-order valence-corrected chi connectivity index (χ0v) is 23.8. The molecule has 0 spiro atoms. The molecule has 0 aliphatic rings. The van der Waals surface area contributed by atoms with E-state index in [2.05, 4.69) is 60.7 Å². The molecule has 0 bridgehead atoms. The fourth-order valence-electron chi connectivity index (χ4n) is 6.49. The van der Waals surface area contributed by atoms with Crippen molar-refractivity contribution in [2.75, 3.05) is 0 Å². The topological polar surface area (TPSA) is 34.1 Å². The number of hydrogen-bond donors (Lipinski definition) is 0. The Labute approximate surface area is 254 Å². The van der Waals surface area contributed by atoms with Gasteiger partial charge in [-0.2, -0.15) is 0 Å². The van der Waals surface area contributed by atoms with Crippen LogP contribution in [0.5, 0.6) is 0 Å². The molecule has 0 heterocycles. The number of hydrogen-bond acceptors (Lipinski definition) is 2. The standard InChI is InChI=1S/C42H26O2/c43-41(29-21-17-27(18-22-29)39-35-13-5-1-9-31(35)25-32-10-2-6-14-36(32)39)42(44)30-23-19-28(20-24-30)40-37-15-7-3-11-33(37)26-34-12-4-8-16-38(34)40/h1-26H. The first-order chi connectivity index (χ1) is 21.7. The van der Waals surface area contributed by atoms with Gasteiger partial charge in [0.25, 0.3) is 0 Å². The first-order valence-corrected chi connectivity index (χ1v) is 14.8. The lowest BCUT2D eigenvalue weighted by Gasteiger charge is -2.13. The highest BCUT2D eigenvalue weighted by Gasteiger charge is 2.20. The van der Waals surface area contributed by atoms with Gasteiger partial charge in [-0.3, -0.25) is 9.59 Å². The van der Waals surface area contributed by atoms with Crippen molar-refractivity contribution in [3.05, 3.63) is 169 Å². The van der Waals surface area contributed by atoms with E-state index in [9.17, 15) is 9.59 Å². The minimum absolute atomic E-state index is 0.382. The molecule has 0 amide bonds. The summed E-state index contributed by atoms with van der Waals surface area (Å²) in [4.78, 5) is 26.7. The minimum Gasteiger partial charge on any atom is -0.285 e. The lowest BCUT2D eigenvalue weighted by atomic mass is 9.90. The number of benzene rings is 8. The molecule has 0 aliphatic heterocycles. The van der Waals surface area contributed by atoms with Crippen LogP contribution in [0.15, 0.2) is 158 Å². The van der Waals surface area contributed by atoms with Crippen LogP contribution in [0, 0.1) is 0 Å². The van der Waals surface area contributed by atoms with Crippen LogP contribution in [0.2, 0.25) is 0 Å². The molecule has 2 nitrogen and oxygen atoms in total. The zero-order valence-electron chi connectivity index (χ0n) is 23.8. The number of ketones is 2. The van der Waals surface area contributed by atoms with Crippen LogP contribution in [0.4, 0.5) is 0 Å². The SMILES string of the molecule is O=C(C(=O)c1ccc(-c2c3ccccc3cc3ccccc23)cc1)c1ccc(-c2c3ccccc3cc3ccccc23)cc1. The molecule has 206 valence electrons. The van der Waals surface area contributed by atoms with Gasteiger partial charge in [0.15, 0.2) is 0 Å². The fourth-order valence-corrected chi connectivity index (χ4v) is 6.49. The Kier molecular flexibility index (Phi) is 6.13. The minimum atomic E-state index is -0.511. The predicted molar refractivity (Wildman–Crippen MR) is 182 cm³/mol. The second-order valence-electron chi connectivity index (χ2n) is 11.2. The van der Waals surface area contributed by atoms with Gasteiger partial charge in [-0.1, -0.05) is 146 Å². The quantitative estimate of drug-likeness (QED) is 0.119. The van der Waals surface area contributed by atoms with E-state index >= 15 is 0 Å². The van der Waals surface area contributed by atoms with Gasteiger partial charge in [-0.25, -0.2) is 0 Å². The summed E-state index contributed by atoms with van der Waals surface area (Å²) in [7, 11) is 0. The lowest BCUT2D eigenvalue weighted by molar-refractivity contribution is 0.0817. The largest absolute Gasteiger partial charge is 0.285 e.